The Morgan fingerprint density at radius 1 is 1.75 bits per heavy atom. The van der Waals surface area contributed by atoms with Gasteiger partial charge in [0.2, 0.25) is 5.75 Å². The molecule has 0 radical (unpaired) electrons. The summed E-state index contributed by atoms with van der Waals surface area (Å²) in [5.74, 6) is 0.222. The number of carbonyl (C=O) groups excluding carboxylic acids is 1. The molecule has 0 aliphatic rings. The molecule has 0 unspecified atom stereocenters. The average molecular weight is 81.5 g/mol. The molecule has 0 aromatic heterocycles. The zero-order valence-electron chi connectivity index (χ0n) is 2.07. The second-order valence-electron chi connectivity index (χ2n) is 0.0891. The highest BCUT2D eigenvalue weighted by Gasteiger charge is 1.28. The summed E-state index contributed by atoms with van der Waals surface area (Å²) in [5, 5.41) is 0. The Bertz CT molecular complexity index is 15.5. The monoisotopic (exact) mass is 81.0 g/mol. The highest BCUT2D eigenvalue weighted by atomic mass is 35.5. The molecule has 2 nitrogen and oxygen atoms in total. The Hall–Kier alpha value is -0.0800. The Labute approximate surface area is 29.3 Å². The summed E-state index contributed by atoms with van der Waals surface area (Å²) < 4.78 is 0. The third-order valence-electron chi connectivity index (χ3n) is 0. The van der Waals surface area contributed by atoms with Crippen LogP contribution < -0.4 is 6.15 Å². The van der Waals surface area contributed by atoms with Gasteiger partial charge in [0.1, 0.15) is 0 Å². The molecule has 0 aliphatic heterocycles. The van der Waals surface area contributed by atoms with E-state index in [1.165, 1.54) is 0 Å². The minimum Gasteiger partial charge on any atom is -0.344 e. The summed E-state index contributed by atoms with van der Waals surface area (Å²) in [5.41, 5.74) is 0. The third-order valence-corrected chi connectivity index (χ3v) is 0. The topological polar surface area (TPSA) is 52.1 Å². The molecule has 0 saturated heterocycles. The van der Waals surface area contributed by atoms with Crippen molar-refractivity contribution in [3.63, 3.8) is 0 Å². The van der Waals surface area contributed by atoms with Crippen molar-refractivity contribution in [1.82, 2.24) is 6.15 Å². The summed E-state index contributed by atoms with van der Waals surface area (Å²) in [6, 6.07) is 0. The number of rotatable bonds is 0. The highest BCUT2D eigenvalue weighted by molar-refractivity contribution is 6.54. The molecule has 0 rings (SSSR count). The first-order chi connectivity index (χ1) is 1.41. The van der Waals surface area contributed by atoms with Gasteiger partial charge >= 0.3 is 0 Å². The lowest BCUT2D eigenvalue weighted by Gasteiger charge is -1.20. The van der Waals surface area contributed by atoms with Gasteiger partial charge in [-0.3, -0.25) is 4.79 Å². The molecule has 0 heterocycles. The van der Waals surface area contributed by atoms with Crippen molar-refractivity contribution in [2.75, 3.05) is 0 Å². The van der Waals surface area contributed by atoms with Crippen LogP contribution in [0.5, 0.6) is 0 Å². The quantitative estimate of drug-likeness (QED) is 0.343. The van der Waals surface area contributed by atoms with Gasteiger partial charge in [-0.1, -0.05) is 0 Å². The van der Waals surface area contributed by atoms with Gasteiger partial charge in [0.05, 0.1) is 0 Å². The number of hydrogen-bond acceptors (Lipinski definition) is 2. The molecule has 0 aromatic rings. The lowest BCUT2D eigenvalue weighted by atomic mass is 11.8. The average Bonchev–Trinajstić information content (AvgIpc) is 0.918. The molecule has 0 spiro atoms. The predicted octanol–water partition coefficient (Wildman–Crippen LogP) is 0.577. The minimum absolute atomic E-state index is 0. The molecule has 4 heavy (non-hydrogen) atoms. The molecule has 0 atom stereocenters. The Morgan fingerprint density at radius 2 is 1.75 bits per heavy atom. The first-order valence-electron chi connectivity index (χ1n) is 0.454. The van der Waals surface area contributed by atoms with E-state index in [4.69, 9.17) is 4.79 Å². The van der Waals surface area contributed by atoms with Crippen LogP contribution in [0.15, 0.2) is 0 Å². The normalized spacial score (nSPS) is 3.25. The standard InChI is InChI=1S/CHClO.H3N/c2-1-3;/h1H;1H3. The Morgan fingerprint density at radius 3 is 1.75 bits per heavy atom. The maximum Gasteiger partial charge on any atom is 0.208 e. The van der Waals surface area contributed by atoms with Crippen molar-refractivity contribution in [3.8, 4) is 0 Å². The van der Waals surface area contributed by atoms with Crippen LogP contribution in [0.4, 0.5) is 0 Å². The maximum absolute atomic E-state index is 8.57. The SMILES string of the molecule is N.O=CCl. The van der Waals surface area contributed by atoms with Crippen molar-refractivity contribution in [2.45, 2.75) is 0 Å². The smallest absolute Gasteiger partial charge is 0.208 e. The maximum atomic E-state index is 8.57. The fraction of sp³-hybridized carbons (Fsp3) is 0. The number of halogens is 1. The van der Waals surface area contributed by atoms with Crippen molar-refractivity contribution in [3.05, 3.63) is 0 Å². The number of carbonyl (C=O) groups is 1. The molecule has 26 valence electrons. The van der Waals surface area contributed by atoms with Gasteiger partial charge in [0.15, 0.2) is 0 Å². The van der Waals surface area contributed by atoms with E-state index in [1.807, 2.05) is 0 Å². The number of hydrogen-bond donors (Lipinski definition) is 1. The fourth-order valence-corrected chi connectivity index (χ4v) is 0. The molecule has 3 heteroatoms. The first-order valence-corrected chi connectivity index (χ1v) is 0.890. The van der Waals surface area contributed by atoms with Crippen LogP contribution in [0.1, 0.15) is 0 Å². The van der Waals surface area contributed by atoms with Gasteiger partial charge in [-0.25, -0.2) is 0 Å². The lowest BCUT2D eigenvalue weighted by molar-refractivity contribution is 0.569. The van der Waals surface area contributed by atoms with E-state index in [2.05, 4.69) is 11.6 Å². The molecule has 0 fully saturated rings. The van der Waals surface area contributed by atoms with Crippen LogP contribution in [-0.4, -0.2) is 5.75 Å². The van der Waals surface area contributed by atoms with Crippen molar-refractivity contribution in [2.24, 2.45) is 0 Å². The van der Waals surface area contributed by atoms with E-state index in [1.54, 1.807) is 0 Å². The van der Waals surface area contributed by atoms with Gasteiger partial charge in [0.25, 0.3) is 0 Å². The molecule has 0 aliphatic carbocycles. The van der Waals surface area contributed by atoms with Gasteiger partial charge in [0, 0.05) is 0 Å². The molecule has 3 N–H and O–H groups in total. The predicted molar refractivity (Wildman–Crippen MR) is 17.6 cm³/mol. The summed E-state index contributed by atoms with van der Waals surface area (Å²) in [4.78, 5) is 8.57. The molecular weight excluding hydrogens is 77.5 g/mol. The zero-order valence-corrected chi connectivity index (χ0v) is 2.83. The van der Waals surface area contributed by atoms with E-state index >= 15 is 0 Å². The second kappa shape index (κ2) is 12.7. The van der Waals surface area contributed by atoms with Crippen LogP contribution in [0.25, 0.3) is 0 Å². The second-order valence-corrected chi connectivity index (χ2v) is 0.267. The Balaban J connectivity index is 0. The van der Waals surface area contributed by atoms with Crippen LogP contribution >= 0.6 is 11.6 Å². The molecule has 0 saturated carbocycles. The van der Waals surface area contributed by atoms with E-state index in [-0.39, 0.29) is 11.9 Å². The summed E-state index contributed by atoms with van der Waals surface area (Å²) in [6.07, 6.45) is 0. The van der Waals surface area contributed by atoms with Crippen molar-refractivity contribution in [1.29, 1.82) is 0 Å². The van der Waals surface area contributed by atoms with E-state index in [0.29, 0.717) is 0 Å². The lowest BCUT2D eigenvalue weighted by Crippen LogP contribution is -1.24. The molecule has 0 aromatic carbocycles. The van der Waals surface area contributed by atoms with E-state index in [0.717, 1.165) is 0 Å². The van der Waals surface area contributed by atoms with Crippen LogP contribution in [0.3, 0.4) is 0 Å². The highest BCUT2D eigenvalue weighted by Crippen LogP contribution is 1.42. The zero-order chi connectivity index (χ0) is 2.71. The van der Waals surface area contributed by atoms with E-state index in [9.17, 15) is 0 Å². The first kappa shape index (κ1) is 9.07. The molecular formula is CH4ClNO. The van der Waals surface area contributed by atoms with Gasteiger partial charge in [-0.2, -0.15) is 0 Å². The van der Waals surface area contributed by atoms with Crippen molar-refractivity contribution >= 4 is 17.3 Å². The minimum atomic E-state index is 0. The summed E-state index contributed by atoms with van der Waals surface area (Å²) in [7, 11) is 0. The summed E-state index contributed by atoms with van der Waals surface area (Å²) in [6.45, 7) is 0. The third kappa shape index (κ3) is 254. The molecule has 0 amide bonds. The van der Waals surface area contributed by atoms with Crippen LogP contribution in [0, 0.1) is 0 Å². The van der Waals surface area contributed by atoms with Gasteiger partial charge < -0.3 is 6.15 Å². The van der Waals surface area contributed by atoms with Gasteiger partial charge in [-0.05, 0) is 11.6 Å². The van der Waals surface area contributed by atoms with Crippen LogP contribution in [0.2, 0.25) is 0 Å². The van der Waals surface area contributed by atoms with Gasteiger partial charge in [-0.15, -0.1) is 0 Å². The molecule has 0 bridgehead atoms. The summed E-state index contributed by atoms with van der Waals surface area (Å²) >= 11 is 4.32. The largest absolute Gasteiger partial charge is 0.344 e. The van der Waals surface area contributed by atoms with Crippen LogP contribution in [-0.2, 0) is 4.79 Å². The Kier molecular flexibility index (Phi) is 28.8. The van der Waals surface area contributed by atoms with Crippen molar-refractivity contribution < 1.29 is 4.79 Å². The van der Waals surface area contributed by atoms with E-state index < -0.39 is 0 Å². The fourth-order valence-electron chi connectivity index (χ4n) is 0.